The van der Waals surface area contributed by atoms with Gasteiger partial charge in [0.2, 0.25) is 5.91 Å². The Balaban J connectivity index is 1.77. The summed E-state index contributed by atoms with van der Waals surface area (Å²) in [5.41, 5.74) is 1.23. The van der Waals surface area contributed by atoms with Crippen LogP contribution in [0.25, 0.3) is 0 Å². The van der Waals surface area contributed by atoms with E-state index in [2.05, 4.69) is 29.7 Å². The van der Waals surface area contributed by atoms with Crippen molar-refractivity contribution in [2.45, 2.75) is 31.8 Å². The lowest BCUT2D eigenvalue weighted by Gasteiger charge is -2.22. The Hall–Kier alpha value is -1.06. The Kier molecular flexibility index (Phi) is 3.50. The maximum atomic E-state index is 11.7. The molecule has 1 saturated heterocycles. The van der Waals surface area contributed by atoms with Crippen molar-refractivity contribution in [3.05, 3.63) is 34.9 Å². The Labute approximate surface area is 118 Å². The van der Waals surface area contributed by atoms with Crippen LogP contribution in [0.1, 0.15) is 31.4 Å². The number of amides is 1. The zero-order valence-corrected chi connectivity index (χ0v) is 11.8. The molecule has 4 heteroatoms. The fraction of sp³-hybridized carbons (Fsp3) is 0.533. The molecule has 102 valence electrons. The summed E-state index contributed by atoms with van der Waals surface area (Å²) in [5.74, 6) is 1.50. The summed E-state index contributed by atoms with van der Waals surface area (Å²) in [7, 11) is 0. The van der Waals surface area contributed by atoms with Crippen molar-refractivity contribution in [2.24, 2.45) is 11.8 Å². The number of benzene rings is 1. The van der Waals surface area contributed by atoms with Crippen molar-refractivity contribution in [3.63, 3.8) is 0 Å². The molecule has 2 fully saturated rings. The quantitative estimate of drug-likeness (QED) is 0.889. The number of halogens is 1. The molecule has 1 aliphatic heterocycles. The lowest BCUT2D eigenvalue weighted by molar-refractivity contribution is -0.121. The van der Waals surface area contributed by atoms with Gasteiger partial charge in [-0.3, -0.25) is 10.1 Å². The fourth-order valence-corrected chi connectivity index (χ4v) is 3.05. The normalized spacial score (nSPS) is 31.1. The van der Waals surface area contributed by atoms with Gasteiger partial charge in [0, 0.05) is 17.6 Å². The lowest BCUT2D eigenvalue weighted by Crippen LogP contribution is -2.39. The molecule has 0 bridgehead atoms. The van der Waals surface area contributed by atoms with Gasteiger partial charge >= 0.3 is 0 Å². The van der Waals surface area contributed by atoms with Gasteiger partial charge in [-0.05, 0) is 42.4 Å². The van der Waals surface area contributed by atoms with Gasteiger partial charge in [0.1, 0.15) is 0 Å². The fourth-order valence-electron chi connectivity index (χ4n) is 2.92. The Bertz CT molecular complexity index is 474. The first-order valence-electron chi connectivity index (χ1n) is 6.94. The smallest absolute Gasteiger partial charge is 0.237 e. The molecular weight excluding hydrogens is 260 g/mol. The van der Waals surface area contributed by atoms with E-state index >= 15 is 0 Å². The van der Waals surface area contributed by atoms with E-state index in [1.165, 1.54) is 12.0 Å². The molecule has 0 spiro atoms. The summed E-state index contributed by atoms with van der Waals surface area (Å²) in [6.45, 7) is 3.05. The van der Waals surface area contributed by atoms with E-state index in [9.17, 15) is 4.79 Å². The lowest BCUT2D eigenvalue weighted by atomic mass is 9.99. The van der Waals surface area contributed by atoms with Gasteiger partial charge in [-0.15, -0.1) is 0 Å². The van der Waals surface area contributed by atoms with Crippen LogP contribution in [-0.4, -0.2) is 18.5 Å². The van der Waals surface area contributed by atoms with E-state index in [0.717, 1.165) is 23.9 Å². The van der Waals surface area contributed by atoms with Gasteiger partial charge in [0.05, 0.1) is 6.04 Å². The van der Waals surface area contributed by atoms with E-state index in [4.69, 9.17) is 11.6 Å². The SMILES string of the molecule is C[C@@H]1C[C@@H]1[C@H](N[C@@H]1CCNC1=O)c1ccc(Cl)cc1. The Morgan fingerprint density at radius 3 is 2.58 bits per heavy atom. The van der Waals surface area contributed by atoms with Crippen LogP contribution < -0.4 is 10.6 Å². The number of hydrogen-bond donors (Lipinski definition) is 2. The molecule has 2 aliphatic rings. The second-order valence-electron chi connectivity index (χ2n) is 5.71. The van der Waals surface area contributed by atoms with Gasteiger partial charge in [-0.25, -0.2) is 0 Å². The summed E-state index contributed by atoms with van der Waals surface area (Å²) in [5, 5.41) is 7.18. The molecule has 4 atom stereocenters. The van der Waals surface area contributed by atoms with Gasteiger partial charge < -0.3 is 5.32 Å². The van der Waals surface area contributed by atoms with Crippen LogP contribution in [-0.2, 0) is 4.79 Å². The Morgan fingerprint density at radius 1 is 1.37 bits per heavy atom. The second kappa shape index (κ2) is 5.14. The van der Waals surface area contributed by atoms with Gasteiger partial charge in [0.25, 0.3) is 0 Å². The highest BCUT2D eigenvalue weighted by atomic mass is 35.5. The molecule has 0 radical (unpaired) electrons. The zero-order valence-electron chi connectivity index (χ0n) is 11.0. The van der Waals surface area contributed by atoms with Crippen molar-refractivity contribution in [1.29, 1.82) is 0 Å². The number of nitrogens with one attached hydrogen (secondary N) is 2. The van der Waals surface area contributed by atoms with E-state index in [0.29, 0.717) is 5.92 Å². The van der Waals surface area contributed by atoms with Gasteiger partial charge in [-0.1, -0.05) is 30.7 Å². The third kappa shape index (κ3) is 2.77. The zero-order chi connectivity index (χ0) is 13.4. The van der Waals surface area contributed by atoms with Crippen LogP contribution in [0.3, 0.4) is 0 Å². The molecule has 2 N–H and O–H groups in total. The van der Waals surface area contributed by atoms with Gasteiger partial charge in [-0.2, -0.15) is 0 Å². The summed E-state index contributed by atoms with van der Waals surface area (Å²) in [4.78, 5) is 11.7. The first-order chi connectivity index (χ1) is 9.15. The van der Waals surface area contributed by atoms with Crippen molar-refractivity contribution in [2.75, 3.05) is 6.54 Å². The average Bonchev–Trinajstić information content (AvgIpc) is 2.97. The molecule has 0 aromatic heterocycles. The van der Waals surface area contributed by atoms with E-state index in [1.54, 1.807) is 0 Å². The predicted molar refractivity (Wildman–Crippen MR) is 76.0 cm³/mol. The topological polar surface area (TPSA) is 41.1 Å². The number of carbonyl (C=O) groups is 1. The third-order valence-electron chi connectivity index (χ3n) is 4.26. The molecule has 3 rings (SSSR count). The second-order valence-corrected chi connectivity index (χ2v) is 6.14. The predicted octanol–water partition coefficient (Wildman–Crippen LogP) is 2.52. The summed E-state index contributed by atoms with van der Waals surface area (Å²) >= 11 is 5.95. The minimum atomic E-state index is -0.0477. The molecule has 0 unspecified atom stereocenters. The van der Waals surface area contributed by atoms with Crippen LogP contribution in [0.5, 0.6) is 0 Å². The highest BCUT2D eigenvalue weighted by Gasteiger charge is 2.42. The molecule has 1 heterocycles. The van der Waals surface area contributed by atoms with E-state index in [-0.39, 0.29) is 18.0 Å². The first-order valence-corrected chi connectivity index (χ1v) is 7.32. The van der Waals surface area contributed by atoms with Gasteiger partial charge in [0.15, 0.2) is 0 Å². The van der Waals surface area contributed by atoms with Crippen molar-refractivity contribution < 1.29 is 4.79 Å². The molecule has 1 amide bonds. The number of hydrogen-bond acceptors (Lipinski definition) is 2. The van der Waals surface area contributed by atoms with Crippen LogP contribution in [0.2, 0.25) is 5.02 Å². The molecule has 3 nitrogen and oxygen atoms in total. The molecule has 19 heavy (non-hydrogen) atoms. The van der Waals surface area contributed by atoms with Crippen LogP contribution in [0, 0.1) is 11.8 Å². The van der Waals surface area contributed by atoms with Crippen LogP contribution in [0.4, 0.5) is 0 Å². The molecule has 1 saturated carbocycles. The largest absolute Gasteiger partial charge is 0.355 e. The standard InChI is InChI=1S/C15H19ClN2O/c1-9-8-12(9)14(10-2-4-11(16)5-3-10)18-13-6-7-17-15(13)19/h2-5,9,12-14,18H,6-8H2,1H3,(H,17,19)/t9-,12+,13-,14-/m1/s1. The van der Waals surface area contributed by atoms with Crippen molar-refractivity contribution >= 4 is 17.5 Å². The maximum Gasteiger partial charge on any atom is 0.237 e. The molecular formula is C15H19ClN2O. The average molecular weight is 279 g/mol. The van der Waals surface area contributed by atoms with E-state index in [1.807, 2.05) is 12.1 Å². The summed E-state index contributed by atoms with van der Waals surface area (Å²) in [6.07, 6.45) is 2.11. The summed E-state index contributed by atoms with van der Waals surface area (Å²) in [6, 6.07) is 8.20. The van der Waals surface area contributed by atoms with Crippen molar-refractivity contribution in [3.8, 4) is 0 Å². The van der Waals surface area contributed by atoms with Crippen molar-refractivity contribution in [1.82, 2.24) is 10.6 Å². The highest BCUT2D eigenvalue weighted by molar-refractivity contribution is 6.30. The Morgan fingerprint density at radius 2 is 2.05 bits per heavy atom. The third-order valence-corrected chi connectivity index (χ3v) is 4.51. The highest BCUT2D eigenvalue weighted by Crippen LogP contribution is 2.47. The number of carbonyl (C=O) groups excluding carboxylic acids is 1. The summed E-state index contributed by atoms with van der Waals surface area (Å²) < 4.78 is 0. The monoisotopic (exact) mass is 278 g/mol. The van der Waals surface area contributed by atoms with E-state index < -0.39 is 0 Å². The molecule has 1 aliphatic carbocycles. The number of rotatable bonds is 4. The minimum Gasteiger partial charge on any atom is -0.355 e. The van der Waals surface area contributed by atoms with Crippen LogP contribution in [0.15, 0.2) is 24.3 Å². The maximum absolute atomic E-state index is 11.7. The molecule has 1 aromatic rings. The minimum absolute atomic E-state index is 0.0477. The first kappa shape index (κ1) is 12.9. The molecule has 1 aromatic carbocycles. The van der Waals surface area contributed by atoms with Crippen LogP contribution >= 0.6 is 11.6 Å².